The number of hydrogen-bond donors (Lipinski definition) is 0. The van der Waals surface area contributed by atoms with Crippen LogP contribution in [0.15, 0.2) is 25.3 Å². The highest BCUT2D eigenvalue weighted by atomic mass is 16.7. The van der Waals surface area contributed by atoms with E-state index in [2.05, 4.69) is 13.2 Å². The summed E-state index contributed by atoms with van der Waals surface area (Å²) in [5, 5.41) is 0. The molecule has 0 aromatic heterocycles. The van der Waals surface area contributed by atoms with Crippen molar-refractivity contribution in [2.45, 2.75) is 12.6 Å². The molecule has 0 aliphatic carbocycles. The zero-order valence-electron chi connectivity index (χ0n) is 8.19. The van der Waals surface area contributed by atoms with E-state index in [0.717, 1.165) is 0 Å². The lowest BCUT2D eigenvalue weighted by Gasteiger charge is -1.97. The minimum atomic E-state index is -0.139. The van der Waals surface area contributed by atoms with Crippen molar-refractivity contribution in [1.29, 1.82) is 0 Å². The van der Waals surface area contributed by atoms with Crippen LogP contribution in [-0.4, -0.2) is 39.0 Å². The third kappa shape index (κ3) is 4.02. The lowest BCUT2D eigenvalue weighted by atomic mass is 10.6. The molecule has 80 valence electrons. The summed E-state index contributed by atoms with van der Waals surface area (Å²) in [4.78, 5) is 0. The molecule has 4 nitrogen and oxygen atoms in total. The van der Waals surface area contributed by atoms with Gasteiger partial charge < -0.3 is 18.9 Å². The molecule has 0 amide bonds. The Kier molecular flexibility index (Phi) is 5.47. The molecule has 2 rings (SSSR count). The van der Waals surface area contributed by atoms with E-state index in [1.807, 2.05) is 0 Å². The summed E-state index contributed by atoms with van der Waals surface area (Å²) >= 11 is 0. The van der Waals surface area contributed by atoms with Crippen LogP contribution < -0.4 is 0 Å². The lowest BCUT2D eigenvalue weighted by Crippen LogP contribution is -2.00. The van der Waals surface area contributed by atoms with Gasteiger partial charge in [0.05, 0.1) is 26.4 Å². The molecule has 0 spiro atoms. The standard InChI is InChI=1S/2C5H8O2/c2*1-2-5-6-3-4-7-5/h2*2,5H,1,3-4H2. The van der Waals surface area contributed by atoms with Crippen molar-refractivity contribution in [3.63, 3.8) is 0 Å². The average molecular weight is 200 g/mol. The Morgan fingerprint density at radius 2 is 1.00 bits per heavy atom. The Balaban J connectivity index is 0.000000140. The van der Waals surface area contributed by atoms with Gasteiger partial charge in [-0.1, -0.05) is 13.2 Å². The maximum absolute atomic E-state index is 4.96. The monoisotopic (exact) mass is 200 g/mol. The van der Waals surface area contributed by atoms with Crippen LogP contribution in [0.5, 0.6) is 0 Å². The van der Waals surface area contributed by atoms with Crippen LogP contribution in [0.3, 0.4) is 0 Å². The van der Waals surface area contributed by atoms with Crippen molar-refractivity contribution in [2.24, 2.45) is 0 Å². The summed E-state index contributed by atoms with van der Waals surface area (Å²) in [6, 6.07) is 0. The second kappa shape index (κ2) is 6.73. The van der Waals surface area contributed by atoms with Crippen LogP contribution in [-0.2, 0) is 18.9 Å². The van der Waals surface area contributed by atoms with E-state index in [1.54, 1.807) is 12.2 Å². The normalized spacial score (nSPS) is 22.9. The van der Waals surface area contributed by atoms with Crippen LogP contribution in [0.2, 0.25) is 0 Å². The second-order valence-electron chi connectivity index (χ2n) is 2.69. The quantitative estimate of drug-likeness (QED) is 0.625. The zero-order valence-corrected chi connectivity index (χ0v) is 8.19. The molecule has 0 atom stereocenters. The molecule has 2 heterocycles. The molecule has 14 heavy (non-hydrogen) atoms. The summed E-state index contributed by atoms with van der Waals surface area (Å²) in [6.07, 6.45) is 3.01. The Hall–Kier alpha value is -0.680. The van der Waals surface area contributed by atoms with Crippen molar-refractivity contribution in [3.05, 3.63) is 25.3 Å². The SMILES string of the molecule is C=CC1OCCO1.C=CC1OCCO1. The lowest BCUT2D eigenvalue weighted by molar-refractivity contribution is -0.00150. The van der Waals surface area contributed by atoms with Gasteiger partial charge >= 0.3 is 0 Å². The van der Waals surface area contributed by atoms with Gasteiger partial charge in [0.25, 0.3) is 0 Å². The van der Waals surface area contributed by atoms with Gasteiger partial charge in [-0.2, -0.15) is 0 Å². The predicted octanol–water partition coefficient (Wildman–Crippen LogP) is 1.09. The number of rotatable bonds is 2. The molecule has 2 aliphatic rings. The van der Waals surface area contributed by atoms with Crippen LogP contribution >= 0.6 is 0 Å². The van der Waals surface area contributed by atoms with Crippen molar-refractivity contribution in [2.75, 3.05) is 26.4 Å². The fourth-order valence-electron chi connectivity index (χ4n) is 1.03. The van der Waals surface area contributed by atoms with Gasteiger partial charge in [0.2, 0.25) is 0 Å². The second-order valence-corrected chi connectivity index (χ2v) is 2.69. The first-order valence-corrected chi connectivity index (χ1v) is 4.58. The van der Waals surface area contributed by atoms with E-state index in [4.69, 9.17) is 18.9 Å². The Morgan fingerprint density at radius 3 is 1.14 bits per heavy atom. The molecule has 0 radical (unpaired) electrons. The van der Waals surface area contributed by atoms with Gasteiger partial charge in [-0.25, -0.2) is 0 Å². The predicted molar refractivity (Wildman–Crippen MR) is 51.8 cm³/mol. The molecular formula is C10H16O4. The van der Waals surface area contributed by atoms with Gasteiger partial charge in [0, 0.05) is 0 Å². The number of hydrogen-bond acceptors (Lipinski definition) is 4. The van der Waals surface area contributed by atoms with Gasteiger partial charge in [-0.05, 0) is 12.2 Å². The topological polar surface area (TPSA) is 36.9 Å². The van der Waals surface area contributed by atoms with E-state index in [0.29, 0.717) is 26.4 Å². The Morgan fingerprint density at radius 1 is 0.714 bits per heavy atom. The molecule has 2 aliphatic heterocycles. The van der Waals surface area contributed by atoms with Crippen LogP contribution in [0.25, 0.3) is 0 Å². The molecule has 2 fully saturated rings. The van der Waals surface area contributed by atoms with Crippen molar-refractivity contribution in [3.8, 4) is 0 Å². The molecule has 0 saturated carbocycles. The summed E-state index contributed by atoms with van der Waals surface area (Å²) in [7, 11) is 0. The Bertz CT molecular complexity index is 149. The van der Waals surface area contributed by atoms with E-state index in [9.17, 15) is 0 Å². The molecule has 0 N–H and O–H groups in total. The van der Waals surface area contributed by atoms with Gasteiger partial charge in [0.1, 0.15) is 0 Å². The summed E-state index contributed by atoms with van der Waals surface area (Å²) in [5.41, 5.74) is 0. The summed E-state index contributed by atoms with van der Waals surface area (Å²) in [6.45, 7) is 9.81. The van der Waals surface area contributed by atoms with E-state index in [1.165, 1.54) is 0 Å². The molecule has 0 aromatic carbocycles. The molecule has 0 unspecified atom stereocenters. The first kappa shape index (κ1) is 11.4. The van der Waals surface area contributed by atoms with E-state index in [-0.39, 0.29) is 12.6 Å². The number of ether oxygens (including phenoxy) is 4. The Labute approximate surface area is 84.1 Å². The van der Waals surface area contributed by atoms with Gasteiger partial charge in [0.15, 0.2) is 12.6 Å². The highest BCUT2D eigenvalue weighted by molar-refractivity contribution is 4.74. The highest BCUT2D eigenvalue weighted by Gasteiger charge is 2.10. The highest BCUT2D eigenvalue weighted by Crippen LogP contribution is 2.02. The average Bonchev–Trinajstić information content (AvgIpc) is 2.92. The smallest absolute Gasteiger partial charge is 0.176 e. The summed E-state index contributed by atoms with van der Waals surface area (Å²) < 4.78 is 19.8. The van der Waals surface area contributed by atoms with Crippen molar-refractivity contribution in [1.82, 2.24) is 0 Å². The maximum atomic E-state index is 4.96. The minimum absolute atomic E-state index is 0.139. The maximum Gasteiger partial charge on any atom is 0.176 e. The molecule has 4 heteroatoms. The molecule has 0 aromatic rings. The molecular weight excluding hydrogens is 184 g/mol. The van der Waals surface area contributed by atoms with Crippen molar-refractivity contribution >= 4 is 0 Å². The zero-order chi connectivity index (χ0) is 10.2. The van der Waals surface area contributed by atoms with Gasteiger partial charge in [-0.15, -0.1) is 0 Å². The third-order valence-corrected chi connectivity index (χ3v) is 1.68. The first-order valence-electron chi connectivity index (χ1n) is 4.58. The van der Waals surface area contributed by atoms with Gasteiger partial charge in [-0.3, -0.25) is 0 Å². The molecule has 0 bridgehead atoms. The first-order chi connectivity index (χ1) is 6.86. The van der Waals surface area contributed by atoms with E-state index < -0.39 is 0 Å². The van der Waals surface area contributed by atoms with Crippen LogP contribution in [0.1, 0.15) is 0 Å². The molecule has 2 saturated heterocycles. The summed E-state index contributed by atoms with van der Waals surface area (Å²) in [5.74, 6) is 0. The fraction of sp³-hybridized carbons (Fsp3) is 0.600. The van der Waals surface area contributed by atoms with Crippen LogP contribution in [0.4, 0.5) is 0 Å². The third-order valence-electron chi connectivity index (χ3n) is 1.68. The van der Waals surface area contributed by atoms with Crippen LogP contribution in [0, 0.1) is 0 Å². The van der Waals surface area contributed by atoms with E-state index >= 15 is 0 Å². The largest absolute Gasteiger partial charge is 0.347 e. The van der Waals surface area contributed by atoms with Crippen molar-refractivity contribution < 1.29 is 18.9 Å². The fourth-order valence-corrected chi connectivity index (χ4v) is 1.03. The minimum Gasteiger partial charge on any atom is -0.347 e.